The maximum atomic E-state index is 12.9. The van der Waals surface area contributed by atoms with Gasteiger partial charge in [-0.15, -0.1) is 0 Å². The average Bonchev–Trinajstić information content (AvgIpc) is 3.45. The van der Waals surface area contributed by atoms with E-state index in [0.29, 0.717) is 19.3 Å². The van der Waals surface area contributed by atoms with E-state index >= 15 is 0 Å². The third kappa shape index (κ3) is 65.3. The van der Waals surface area contributed by atoms with Crippen molar-refractivity contribution in [3.63, 3.8) is 0 Å². The molecular formula is C73H128O6. The van der Waals surface area contributed by atoms with E-state index in [1.165, 1.54) is 193 Å². The number of carbonyl (C=O) groups excluding carboxylic acids is 3. The van der Waals surface area contributed by atoms with Gasteiger partial charge in [-0.1, -0.05) is 311 Å². The monoisotopic (exact) mass is 1100 g/mol. The van der Waals surface area contributed by atoms with Crippen molar-refractivity contribution in [3.05, 3.63) is 85.1 Å². The highest BCUT2D eigenvalue weighted by Crippen LogP contribution is 2.17. The Morgan fingerprint density at radius 3 is 0.785 bits per heavy atom. The minimum absolute atomic E-state index is 0.0785. The molecule has 6 nitrogen and oxygen atoms in total. The summed E-state index contributed by atoms with van der Waals surface area (Å²) in [5, 5.41) is 0. The van der Waals surface area contributed by atoms with Crippen LogP contribution in [-0.2, 0) is 28.6 Å². The number of rotatable bonds is 62. The van der Waals surface area contributed by atoms with Gasteiger partial charge < -0.3 is 14.2 Å². The molecule has 0 heterocycles. The molecule has 0 spiro atoms. The molecule has 0 bridgehead atoms. The fourth-order valence-electron chi connectivity index (χ4n) is 9.80. The number of hydrogen-bond donors (Lipinski definition) is 0. The summed E-state index contributed by atoms with van der Waals surface area (Å²) in [7, 11) is 0. The Bertz CT molecular complexity index is 1500. The summed E-state index contributed by atoms with van der Waals surface area (Å²) in [4.78, 5) is 38.4. The van der Waals surface area contributed by atoms with Crippen molar-refractivity contribution in [2.45, 2.75) is 348 Å². The minimum atomic E-state index is -0.784. The summed E-state index contributed by atoms with van der Waals surface area (Å²) >= 11 is 0. The van der Waals surface area contributed by atoms with Gasteiger partial charge in [-0.3, -0.25) is 14.4 Å². The van der Waals surface area contributed by atoms with E-state index in [2.05, 4.69) is 106 Å². The molecule has 1 atom stereocenters. The zero-order valence-electron chi connectivity index (χ0n) is 52.4. The number of carbonyl (C=O) groups is 3. The second-order valence-electron chi connectivity index (χ2n) is 22.7. The van der Waals surface area contributed by atoms with Gasteiger partial charge in [0, 0.05) is 19.3 Å². The van der Waals surface area contributed by atoms with Gasteiger partial charge in [-0.25, -0.2) is 0 Å². The molecule has 0 aliphatic carbocycles. The summed E-state index contributed by atoms with van der Waals surface area (Å²) in [5.74, 6) is -0.877. The Morgan fingerprint density at radius 2 is 0.494 bits per heavy atom. The summed E-state index contributed by atoms with van der Waals surface area (Å²) in [6.07, 6.45) is 88.7. The molecule has 0 aromatic heterocycles. The van der Waals surface area contributed by atoms with E-state index in [-0.39, 0.29) is 31.1 Å². The molecule has 0 amide bonds. The van der Waals surface area contributed by atoms with Crippen LogP contribution in [0.25, 0.3) is 0 Å². The van der Waals surface area contributed by atoms with Crippen LogP contribution in [0.5, 0.6) is 0 Å². The van der Waals surface area contributed by atoms with Crippen molar-refractivity contribution in [1.29, 1.82) is 0 Å². The lowest BCUT2D eigenvalue weighted by Crippen LogP contribution is -2.30. The van der Waals surface area contributed by atoms with Crippen LogP contribution >= 0.6 is 0 Å². The minimum Gasteiger partial charge on any atom is -0.462 e. The van der Waals surface area contributed by atoms with Crippen molar-refractivity contribution in [1.82, 2.24) is 0 Å². The predicted molar refractivity (Wildman–Crippen MR) is 344 cm³/mol. The highest BCUT2D eigenvalue weighted by molar-refractivity contribution is 5.71. The largest absolute Gasteiger partial charge is 0.462 e. The molecule has 0 aromatic carbocycles. The lowest BCUT2D eigenvalue weighted by molar-refractivity contribution is -0.167. The molecule has 0 aliphatic rings. The molecule has 456 valence electrons. The van der Waals surface area contributed by atoms with Crippen molar-refractivity contribution < 1.29 is 28.6 Å². The quantitative estimate of drug-likeness (QED) is 0.0261. The van der Waals surface area contributed by atoms with Gasteiger partial charge in [0.15, 0.2) is 6.10 Å². The molecule has 0 aliphatic heterocycles. The second-order valence-corrected chi connectivity index (χ2v) is 22.7. The molecule has 1 unspecified atom stereocenters. The number of hydrogen-bond acceptors (Lipinski definition) is 6. The van der Waals surface area contributed by atoms with Crippen molar-refractivity contribution in [2.24, 2.45) is 0 Å². The SMILES string of the molecule is CC/C=C\C/C=C\C/C=C\C/C=C\C/C=C\C/C=C\CCCCCCCCC(=O)OCC(COC(=O)CCCCCCCCCCCCCCCCCCC)OC(=O)CCCCCCCCCCC/C=C\CCCCCCCC. The Balaban J connectivity index is 4.38. The van der Waals surface area contributed by atoms with Crippen LogP contribution in [0.3, 0.4) is 0 Å². The molecule has 0 rings (SSSR count). The molecule has 0 saturated heterocycles. The number of allylic oxidation sites excluding steroid dienone is 14. The van der Waals surface area contributed by atoms with Crippen LogP contribution in [0.1, 0.15) is 342 Å². The van der Waals surface area contributed by atoms with Crippen LogP contribution in [0.15, 0.2) is 85.1 Å². The summed E-state index contributed by atoms with van der Waals surface area (Å²) in [6.45, 7) is 6.56. The van der Waals surface area contributed by atoms with Gasteiger partial charge in [0.2, 0.25) is 0 Å². The number of ether oxygens (including phenoxy) is 3. The topological polar surface area (TPSA) is 78.9 Å². The van der Waals surface area contributed by atoms with Gasteiger partial charge in [0.05, 0.1) is 0 Å². The first-order valence-corrected chi connectivity index (χ1v) is 34.1. The molecule has 0 aromatic rings. The van der Waals surface area contributed by atoms with E-state index in [1.807, 2.05) is 0 Å². The Hall–Kier alpha value is -3.41. The van der Waals surface area contributed by atoms with Crippen molar-refractivity contribution in [3.8, 4) is 0 Å². The summed E-state index contributed by atoms with van der Waals surface area (Å²) in [5.41, 5.74) is 0. The maximum absolute atomic E-state index is 12.9. The molecule has 0 radical (unpaired) electrons. The predicted octanol–water partition coefficient (Wildman–Crippen LogP) is 23.4. The van der Waals surface area contributed by atoms with E-state index in [4.69, 9.17) is 14.2 Å². The Labute approximate surface area is 490 Å². The average molecular weight is 1100 g/mol. The van der Waals surface area contributed by atoms with Gasteiger partial charge in [0.1, 0.15) is 13.2 Å². The first-order valence-electron chi connectivity index (χ1n) is 34.1. The maximum Gasteiger partial charge on any atom is 0.306 e. The van der Waals surface area contributed by atoms with Crippen molar-refractivity contribution >= 4 is 17.9 Å². The fourth-order valence-corrected chi connectivity index (χ4v) is 9.80. The Morgan fingerprint density at radius 1 is 0.266 bits per heavy atom. The Kier molecular flexibility index (Phi) is 64.2. The van der Waals surface area contributed by atoms with Crippen LogP contribution in [-0.4, -0.2) is 37.2 Å². The third-order valence-corrected chi connectivity index (χ3v) is 14.9. The van der Waals surface area contributed by atoms with Gasteiger partial charge in [-0.05, 0) is 96.3 Å². The second kappa shape index (κ2) is 67.1. The van der Waals surface area contributed by atoms with Crippen LogP contribution in [0.2, 0.25) is 0 Å². The summed E-state index contributed by atoms with van der Waals surface area (Å²) < 4.78 is 17.0. The van der Waals surface area contributed by atoms with Gasteiger partial charge in [0.25, 0.3) is 0 Å². The van der Waals surface area contributed by atoms with Gasteiger partial charge in [-0.2, -0.15) is 0 Å². The van der Waals surface area contributed by atoms with E-state index in [9.17, 15) is 14.4 Å². The molecule has 0 N–H and O–H groups in total. The standard InChI is InChI=1S/C73H128O6/c1-4-7-10-13-16-19-22-25-28-31-33-34-35-36-37-38-40-42-45-48-51-54-57-60-63-66-72(75)78-69-70(68-77-71(74)65-62-59-56-53-50-47-44-41-30-27-24-21-18-15-12-9-6-3)79-73(76)67-64-61-58-55-52-49-46-43-39-32-29-26-23-20-17-14-11-8-5-2/h7,10,16,19,25-26,28-29,33-34,36-37,40,42,70H,4-6,8-9,11-15,17-18,20-24,27,30-32,35,38-39,41,43-69H2,1-3H3/b10-7-,19-16-,28-25-,29-26-,34-33-,37-36-,42-40-. The lowest BCUT2D eigenvalue weighted by Gasteiger charge is -2.18. The molecule has 0 fully saturated rings. The normalized spacial score (nSPS) is 12.6. The molecule has 0 saturated carbocycles. The van der Waals surface area contributed by atoms with E-state index in [0.717, 1.165) is 109 Å². The third-order valence-electron chi connectivity index (χ3n) is 14.9. The summed E-state index contributed by atoms with van der Waals surface area (Å²) in [6, 6.07) is 0. The number of unbranched alkanes of at least 4 members (excludes halogenated alkanes) is 37. The smallest absolute Gasteiger partial charge is 0.306 e. The molecular weight excluding hydrogens is 973 g/mol. The van der Waals surface area contributed by atoms with Crippen LogP contribution < -0.4 is 0 Å². The van der Waals surface area contributed by atoms with E-state index in [1.54, 1.807) is 0 Å². The highest BCUT2D eigenvalue weighted by Gasteiger charge is 2.19. The van der Waals surface area contributed by atoms with Gasteiger partial charge >= 0.3 is 17.9 Å². The fraction of sp³-hybridized carbons (Fsp3) is 0.767. The highest BCUT2D eigenvalue weighted by atomic mass is 16.6. The zero-order chi connectivity index (χ0) is 57.1. The van der Waals surface area contributed by atoms with E-state index < -0.39 is 6.10 Å². The number of esters is 3. The van der Waals surface area contributed by atoms with Crippen molar-refractivity contribution in [2.75, 3.05) is 13.2 Å². The van der Waals surface area contributed by atoms with Crippen LogP contribution in [0.4, 0.5) is 0 Å². The zero-order valence-corrected chi connectivity index (χ0v) is 52.4. The molecule has 6 heteroatoms. The van der Waals surface area contributed by atoms with Crippen LogP contribution in [0, 0.1) is 0 Å². The molecule has 79 heavy (non-hydrogen) atoms. The lowest BCUT2D eigenvalue weighted by atomic mass is 10.0. The first-order chi connectivity index (χ1) is 39.0. The first kappa shape index (κ1) is 75.6.